The normalized spacial score (nSPS) is 19.6. The second kappa shape index (κ2) is 5.07. The number of aldehydes is 1. The molecular formula is C21H12F2O2. The van der Waals surface area contributed by atoms with E-state index in [1.54, 1.807) is 6.07 Å². The maximum atomic E-state index is 13.5. The number of ether oxygens (including phenoxy) is 1. The van der Waals surface area contributed by atoms with Crippen LogP contribution in [0.2, 0.25) is 0 Å². The lowest BCUT2D eigenvalue weighted by Crippen LogP contribution is -2.04. The van der Waals surface area contributed by atoms with Crippen molar-refractivity contribution in [2.45, 2.75) is 12.2 Å². The van der Waals surface area contributed by atoms with Crippen molar-refractivity contribution in [2.75, 3.05) is 0 Å². The summed E-state index contributed by atoms with van der Waals surface area (Å²) in [5.74, 6) is -1.19. The summed E-state index contributed by atoms with van der Waals surface area (Å²) in [6.07, 6.45) is 0.441. The molecule has 122 valence electrons. The number of halogens is 2. The molecule has 0 fully saturated rings. The van der Waals surface area contributed by atoms with Crippen molar-refractivity contribution in [1.82, 2.24) is 0 Å². The molecule has 2 bridgehead atoms. The van der Waals surface area contributed by atoms with E-state index in [4.69, 9.17) is 4.74 Å². The van der Waals surface area contributed by atoms with Gasteiger partial charge in [0.1, 0.15) is 30.1 Å². The molecule has 2 heterocycles. The van der Waals surface area contributed by atoms with Gasteiger partial charge in [0, 0.05) is 11.6 Å². The van der Waals surface area contributed by atoms with Gasteiger partial charge in [0.25, 0.3) is 0 Å². The van der Waals surface area contributed by atoms with Crippen molar-refractivity contribution < 1.29 is 18.3 Å². The third kappa shape index (κ3) is 2.07. The Balaban J connectivity index is 1.62. The third-order valence-electron chi connectivity index (χ3n) is 4.93. The Morgan fingerprint density at radius 2 is 1.36 bits per heavy atom. The first kappa shape index (κ1) is 14.5. The summed E-state index contributed by atoms with van der Waals surface area (Å²) in [4.78, 5) is 11.0. The lowest BCUT2D eigenvalue weighted by Gasteiger charge is -2.17. The molecule has 2 unspecified atom stereocenters. The Morgan fingerprint density at radius 1 is 0.720 bits per heavy atom. The standard InChI is InChI=1S/C21H12F2O2/c22-14-6-13(7-15(23)9-14)12-2-4-17-19(8-12)21-16-3-1-11(10-24)5-18(16)20(17)25-21/h1-10,20-21H. The lowest BCUT2D eigenvalue weighted by atomic mass is 9.84. The highest BCUT2D eigenvalue weighted by Crippen LogP contribution is 2.54. The predicted molar refractivity (Wildman–Crippen MR) is 88.4 cm³/mol. The van der Waals surface area contributed by atoms with Gasteiger partial charge in [0.2, 0.25) is 0 Å². The molecule has 25 heavy (non-hydrogen) atoms. The zero-order valence-electron chi connectivity index (χ0n) is 13.0. The molecule has 2 aliphatic rings. The molecule has 0 amide bonds. The van der Waals surface area contributed by atoms with Gasteiger partial charge in [0.05, 0.1) is 0 Å². The largest absolute Gasteiger partial charge is 0.356 e. The minimum Gasteiger partial charge on any atom is -0.356 e. The second-order valence-corrected chi connectivity index (χ2v) is 6.40. The maximum absolute atomic E-state index is 13.5. The summed E-state index contributed by atoms with van der Waals surface area (Å²) in [5, 5.41) is 0. The molecule has 0 spiro atoms. The fourth-order valence-electron chi connectivity index (χ4n) is 3.84. The molecule has 0 saturated heterocycles. The fourth-order valence-corrected chi connectivity index (χ4v) is 3.84. The van der Waals surface area contributed by atoms with Crippen LogP contribution in [0.5, 0.6) is 0 Å². The number of carbonyl (C=O) groups is 1. The number of benzene rings is 3. The monoisotopic (exact) mass is 334 g/mol. The van der Waals surface area contributed by atoms with E-state index in [9.17, 15) is 13.6 Å². The van der Waals surface area contributed by atoms with Crippen LogP contribution in [0.1, 0.15) is 44.8 Å². The number of hydrogen-bond acceptors (Lipinski definition) is 2. The Morgan fingerprint density at radius 3 is 2.04 bits per heavy atom. The van der Waals surface area contributed by atoms with Crippen molar-refractivity contribution >= 4 is 6.29 Å². The average molecular weight is 334 g/mol. The molecule has 0 N–H and O–H groups in total. The van der Waals surface area contributed by atoms with Gasteiger partial charge in [-0.15, -0.1) is 0 Å². The minimum atomic E-state index is -0.597. The highest BCUT2D eigenvalue weighted by molar-refractivity contribution is 5.76. The number of fused-ring (bicyclic) bond motifs is 8. The van der Waals surface area contributed by atoms with Crippen molar-refractivity contribution in [3.8, 4) is 11.1 Å². The van der Waals surface area contributed by atoms with Crippen LogP contribution in [0.3, 0.4) is 0 Å². The van der Waals surface area contributed by atoms with E-state index in [1.165, 1.54) is 12.1 Å². The number of hydrogen-bond donors (Lipinski definition) is 0. The molecule has 2 nitrogen and oxygen atoms in total. The Labute approximate surface area is 142 Å². The highest BCUT2D eigenvalue weighted by atomic mass is 19.1. The molecule has 3 aromatic rings. The predicted octanol–water partition coefficient (Wildman–Crippen LogP) is 4.97. The molecule has 0 radical (unpaired) electrons. The summed E-state index contributed by atoms with van der Waals surface area (Å²) >= 11 is 0. The summed E-state index contributed by atoms with van der Waals surface area (Å²) < 4.78 is 33.1. The van der Waals surface area contributed by atoms with Gasteiger partial charge < -0.3 is 4.74 Å². The Hall–Kier alpha value is -2.85. The molecule has 5 rings (SSSR count). The second-order valence-electron chi connectivity index (χ2n) is 6.40. The summed E-state index contributed by atoms with van der Waals surface area (Å²) in [6.45, 7) is 0. The summed E-state index contributed by atoms with van der Waals surface area (Å²) in [5.41, 5.74) is 6.00. The van der Waals surface area contributed by atoms with Crippen LogP contribution in [0.25, 0.3) is 11.1 Å². The zero-order chi connectivity index (χ0) is 17.1. The topological polar surface area (TPSA) is 26.3 Å². The molecule has 2 atom stereocenters. The van der Waals surface area contributed by atoms with Gasteiger partial charge in [-0.2, -0.15) is 0 Å². The van der Waals surface area contributed by atoms with Crippen molar-refractivity contribution in [2.24, 2.45) is 0 Å². The first-order chi connectivity index (χ1) is 12.1. The quantitative estimate of drug-likeness (QED) is 0.619. The summed E-state index contributed by atoms with van der Waals surface area (Å²) in [6, 6.07) is 14.8. The SMILES string of the molecule is O=Cc1ccc2c(c1)C1OC2c2cc(-c3cc(F)cc(F)c3)ccc21. The first-order valence-corrected chi connectivity index (χ1v) is 7.99. The smallest absolute Gasteiger partial charge is 0.150 e. The van der Waals surface area contributed by atoms with Crippen LogP contribution in [-0.2, 0) is 4.74 Å². The van der Waals surface area contributed by atoms with Crippen molar-refractivity contribution in [3.05, 3.63) is 94.0 Å². The van der Waals surface area contributed by atoms with Gasteiger partial charge >= 0.3 is 0 Å². The van der Waals surface area contributed by atoms with E-state index in [0.29, 0.717) is 11.1 Å². The van der Waals surface area contributed by atoms with E-state index < -0.39 is 11.6 Å². The average Bonchev–Trinajstić information content (AvgIpc) is 3.17. The van der Waals surface area contributed by atoms with E-state index in [-0.39, 0.29) is 12.2 Å². The van der Waals surface area contributed by atoms with Crippen LogP contribution in [-0.4, -0.2) is 6.29 Å². The molecule has 0 saturated carbocycles. The fraction of sp³-hybridized carbons (Fsp3) is 0.0952. The van der Waals surface area contributed by atoms with Crippen LogP contribution in [0.15, 0.2) is 54.6 Å². The van der Waals surface area contributed by atoms with Crippen LogP contribution in [0.4, 0.5) is 8.78 Å². The third-order valence-corrected chi connectivity index (χ3v) is 4.93. The maximum Gasteiger partial charge on any atom is 0.150 e. The van der Waals surface area contributed by atoms with Gasteiger partial charge in [-0.25, -0.2) is 8.78 Å². The summed E-state index contributed by atoms with van der Waals surface area (Å²) in [7, 11) is 0. The van der Waals surface area contributed by atoms with Crippen molar-refractivity contribution in [3.63, 3.8) is 0 Å². The van der Waals surface area contributed by atoms with Gasteiger partial charge in [-0.3, -0.25) is 4.79 Å². The van der Waals surface area contributed by atoms with Gasteiger partial charge in [-0.05, 0) is 57.6 Å². The van der Waals surface area contributed by atoms with E-state index >= 15 is 0 Å². The first-order valence-electron chi connectivity index (χ1n) is 7.99. The molecular weight excluding hydrogens is 322 g/mol. The van der Waals surface area contributed by atoms with Crippen LogP contribution < -0.4 is 0 Å². The Kier molecular flexibility index (Phi) is 2.94. The van der Waals surface area contributed by atoms with Gasteiger partial charge in [-0.1, -0.05) is 24.3 Å². The van der Waals surface area contributed by atoms with Crippen molar-refractivity contribution in [1.29, 1.82) is 0 Å². The van der Waals surface area contributed by atoms with E-state index in [1.807, 2.05) is 30.3 Å². The highest BCUT2D eigenvalue weighted by Gasteiger charge is 2.42. The van der Waals surface area contributed by atoms with Crippen LogP contribution >= 0.6 is 0 Å². The number of carbonyl (C=O) groups excluding carboxylic acids is 1. The van der Waals surface area contributed by atoms with Crippen LogP contribution in [0, 0.1) is 11.6 Å². The Bertz CT molecular complexity index is 1020. The molecule has 4 heteroatoms. The minimum absolute atomic E-state index is 0.187. The number of rotatable bonds is 2. The zero-order valence-corrected chi connectivity index (χ0v) is 13.0. The molecule has 0 aromatic heterocycles. The lowest BCUT2D eigenvalue weighted by molar-refractivity contribution is 0.0857. The van der Waals surface area contributed by atoms with Gasteiger partial charge in [0.15, 0.2) is 0 Å². The molecule has 0 aliphatic carbocycles. The molecule has 2 aliphatic heterocycles. The van der Waals surface area contributed by atoms with E-state index in [0.717, 1.165) is 40.2 Å². The molecule has 3 aromatic carbocycles. The van der Waals surface area contributed by atoms with E-state index in [2.05, 4.69) is 0 Å².